The van der Waals surface area contributed by atoms with Gasteiger partial charge in [0.1, 0.15) is 5.82 Å². The van der Waals surface area contributed by atoms with Gasteiger partial charge < -0.3 is 10.0 Å². The topological polar surface area (TPSA) is 40.5 Å². The number of hydrogen-bond donors (Lipinski definition) is 1. The van der Waals surface area contributed by atoms with Crippen LogP contribution in [0.5, 0.6) is 0 Å². The molecule has 1 fully saturated rings. The number of nitrogens with zero attached hydrogens (tertiary/aromatic N) is 1. The molecule has 4 heteroatoms. The monoisotopic (exact) mass is 209 g/mol. The van der Waals surface area contributed by atoms with Crippen molar-refractivity contribution in [1.29, 1.82) is 0 Å². The van der Waals surface area contributed by atoms with E-state index in [1.807, 2.05) is 4.90 Å². The van der Waals surface area contributed by atoms with E-state index in [1.165, 1.54) is 12.1 Å². The molecule has 3 nitrogen and oxygen atoms in total. The Morgan fingerprint density at radius 3 is 2.73 bits per heavy atom. The average molecular weight is 209 g/mol. The van der Waals surface area contributed by atoms with Gasteiger partial charge in [-0.3, -0.25) is 0 Å². The van der Waals surface area contributed by atoms with Crippen molar-refractivity contribution in [3.63, 3.8) is 0 Å². The molecule has 0 unspecified atom stereocenters. The highest BCUT2D eigenvalue weighted by Crippen LogP contribution is 2.25. The zero-order chi connectivity index (χ0) is 11.0. The first-order chi connectivity index (χ1) is 7.08. The van der Waals surface area contributed by atoms with Crippen LogP contribution in [0.25, 0.3) is 0 Å². The van der Waals surface area contributed by atoms with Gasteiger partial charge in [-0.1, -0.05) is 6.92 Å². The van der Waals surface area contributed by atoms with Crippen molar-refractivity contribution in [2.24, 2.45) is 5.92 Å². The number of carboxylic acid groups (broad SMARTS) is 1. The third-order valence-corrected chi connectivity index (χ3v) is 2.61. The second-order valence-corrected chi connectivity index (χ2v) is 3.98. The molecule has 0 aromatic heterocycles. The highest BCUT2D eigenvalue weighted by atomic mass is 19.1. The Kier molecular flexibility index (Phi) is 2.34. The van der Waals surface area contributed by atoms with E-state index in [1.54, 1.807) is 6.07 Å². The van der Waals surface area contributed by atoms with Gasteiger partial charge in [0.15, 0.2) is 0 Å². The van der Waals surface area contributed by atoms with Crippen LogP contribution in [0.4, 0.5) is 10.1 Å². The number of hydrogen-bond acceptors (Lipinski definition) is 2. The summed E-state index contributed by atoms with van der Waals surface area (Å²) < 4.78 is 13.1. The molecule has 1 N–H and O–H groups in total. The molecular weight excluding hydrogens is 197 g/mol. The second kappa shape index (κ2) is 3.53. The molecule has 1 heterocycles. The fourth-order valence-corrected chi connectivity index (χ4v) is 1.78. The van der Waals surface area contributed by atoms with Crippen molar-refractivity contribution in [2.75, 3.05) is 18.0 Å². The maximum atomic E-state index is 13.1. The molecule has 80 valence electrons. The van der Waals surface area contributed by atoms with Crippen molar-refractivity contribution in [3.8, 4) is 0 Å². The molecule has 0 saturated carbocycles. The number of carboxylic acids is 1. The molecule has 0 spiro atoms. The Morgan fingerprint density at radius 1 is 1.53 bits per heavy atom. The van der Waals surface area contributed by atoms with Crippen LogP contribution in [-0.4, -0.2) is 24.2 Å². The Bertz CT molecular complexity index is 400. The van der Waals surface area contributed by atoms with Crippen molar-refractivity contribution in [2.45, 2.75) is 6.92 Å². The van der Waals surface area contributed by atoms with Crippen molar-refractivity contribution in [1.82, 2.24) is 0 Å². The fourth-order valence-electron chi connectivity index (χ4n) is 1.78. The highest BCUT2D eigenvalue weighted by Gasteiger charge is 2.23. The lowest BCUT2D eigenvalue weighted by Gasteiger charge is -2.39. The normalized spacial score (nSPS) is 16.3. The predicted molar refractivity (Wildman–Crippen MR) is 54.7 cm³/mol. The minimum Gasteiger partial charge on any atom is -0.478 e. The first-order valence-corrected chi connectivity index (χ1v) is 4.85. The Hall–Kier alpha value is -1.58. The summed E-state index contributed by atoms with van der Waals surface area (Å²) in [7, 11) is 0. The highest BCUT2D eigenvalue weighted by molar-refractivity contribution is 5.89. The van der Waals surface area contributed by atoms with Gasteiger partial charge in [-0.2, -0.15) is 0 Å². The zero-order valence-corrected chi connectivity index (χ0v) is 8.40. The largest absolute Gasteiger partial charge is 0.478 e. The summed E-state index contributed by atoms with van der Waals surface area (Å²) in [5.41, 5.74) is 0.527. The van der Waals surface area contributed by atoms with E-state index in [0.29, 0.717) is 5.92 Å². The van der Waals surface area contributed by atoms with Crippen molar-refractivity contribution >= 4 is 11.7 Å². The summed E-state index contributed by atoms with van der Waals surface area (Å²) in [6.07, 6.45) is 0. The summed E-state index contributed by atoms with van der Waals surface area (Å²) >= 11 is 0. The number of rotatable bonds is 2. The van der Waals surface area contributed by atoms with Crippen molar-refractivity contribution in [3.05, 3.63) is 29.6 Å². The van der Waals surface area contributed by atoms with Crippen LogP contribution in [0.15, 0.2) is 18.2 Å². The van der Waals surface area contributed by atoms with Crippen molar-refractivity contribution < 1.29 is 14.3 Å². The first kappa shape index (κ1) is 9.96. The van der Waals surface area contributed by atoms with Crippen LogP contribution in [-0.2, 0) is 0 Å². The zero-order valence-electron chi connectivity index (χ0n) is 8.40. The van der Waals surface area contributed by atoms with E-state index in [0.717, 1.165) is 18.8 Å². The van der Waals surface area contributed by atoms with Gasteiger partial charge in [0, 0.05) is 18.8 Å². The minimum atomic E-state index is -1.22. The third kappa shape index (κ3) is 1.79. The van der Waals surface area contributed by atoms with Gasteiger partial charge in [-0.25, -0.2) is 9.18 Å². The third-order valence-electron chi connectivity index (χ3n) is 2.61. The average Bonchev–Trinajstić information content (AvgIpc) is 2.14. The molecular formula is C11H12FNO2. The SMILES string of the molecule is CC1CN(c2ccc(F)c(C(=O)O)c2)C1. The van der Waals surface area contributed by atoms with E-state index < -0.39 is 11.8 Å². The molecule has 0 radical (unpaired) electrons. The van der Waals surface area contributed by atoms with E-state index in [2.05, 4.69) is 6.92 Å². The van der Waals surface area contributed by atoms with Crippen LogP contribution < -0.4 is 4.90 Å². The summed E-state index contributed by atoms with van der Waals surface area (Å²) in [4.78, 5) is 12.7. The molecule has 15 heavy (non-hydrogen) atoms. The molecule has 0 bridgehead atoms. The Labute approximate surface area is 87.1 Å². The number of benzene rings is 1. The summed E-state index contributed by atoms with van der Waals surface area (Å²) in [5, 5.41) is 8.76. The van der Waals surface area contributed by atoms with E-state index in [9.17, 15) is 9.18 Å². The molecule has 1 aliphatic heterocycles. The maximum Gasteiger partial charge on any atom is 0.338 e. The quantitative estimate of drug-likeness (QED) is 0.809. The number of halogens is 1. The van der Waals surface area contributed by atoms with Gasteiger partial charge in [0.25, 0.3) is 0 Å². The fraction of sp³-hybridized carbons (Fsp3) is 0.364. The lowest BCUT2D eigenvalue weighted by atomic mass is 10.0. The smallest absolute Gasteiger partial charge is 0.338 e. The molecule has 1 aromatic rings. The standard InChI is InChI=1S/C11H12FNO2/c1-7-5-13(6-7)8-2-3-10(12)9(4-8)11(14)15/h2-4,7H,5-6H2,1H3,(H,14,15). The van der Waals surface area contributed by atoms with Crippen LogP contribution in [0.2, 0.25) is 0 Å². The van der Waals surface area contributed by atoms with Crippen LogP contribution in [0.3, 0.4) is 0 Å². The Balaban J connectivity index is 2.27. The van der Waals surface area contributed by atoms with E-state index in [-0.39, 0.29) is 5.56 Å². The maximum absolute atomic E-state index is 13.1. The number of aromatic carboxylic acids is 1. The molecule has 1 aromatic carbocycles. The number of anilines is 1. The molecule has 1 aliphatic rings. The minimum absolute atomic E-state index is 0.257. The molecule has 0 atom stereocenters. The number of carbonyl (C=O) groups is 1. The Morgan fingerprint density at radius 2 is 2.20 bits per heavy atom. The van der Waals surface area contributed by atoms with Gasteiger partial charge in [-0.15, -0.1) is 0 Å². The summed E-state index contributed by atoms with van der Waals surface area (Å²) in [6, 6.07) is 4.22. The molecule has 0 amide bonds. The predicted octanol–water partition coefficient (Wildman–Crippen LogP) is 1.98. The second-order valence-electron chi connectivity index (χ2n) is 3.98. The molecule has 2 rings (SSSR count). The van der Waals surface area contributed by atoms with E-state index in [4.69, 9.17) is 5.11 Å². The lowest BCUT2D eigenvalue weighted by Crippen LogP contribution is -2.45. The molecule has 1 saturated heterocycles. The summed E-state index contributed by atoms with van der Waals surface area (Å²) in [5.74, 6) is -1.27. The summed E-state index contributed by atoms with van der Waals surface area (Å²) in [6.45, 7) is 3.94. The first-order valence-electron chi connectivity index (χ1n) is 4.85. The molecule has 0 aliphatic carbocycles. The van der Waals surface area contributed by atoms with Gasteiger partial charge in [-0.05, 0) is 24.1 Å². The lowest BCUT2D eigenvalue weighted by molar-refractivity contribution is 0.0692. The van der Waals surface area contributed by atoms with Gasteiger partial charge >= 0.3 is 5.97 Å². The van der Waals surface area contributed by atoms with Gasteiger partial charge in [0.2, 0.25) is 0 Å². The van der Waals surface area contributed by atoms with Crippen LogP contribution in [0, 0.1) is 11.7 Å². The van der Waals surface area contributed by atoms with Crippen LogP contribution in [0.1, 0.15) is 17.3 Å². The van der Waals surface area contributed by atoms with Crippen LogP contribution >= 0.6 is 0 Å². The van der Waals surface area contributed by atoms with Gasteiger partial charge in [0.05, 0.1) is 5.56 Å². The van der Waals surface area contributed by atoms with E-state index >= 15 is 0 Å².